The van der Waals surface area contributed by atoms with Crippen LogP contribution in [0.15, 0.2) is 48.5 Å². The average molecular weight is 281 g/mol. The summed E-state index contributed by atoms with van der Waals surface area (Å²) in [6.07, 6.45) is 0. The molecule has 0 aliphatic heterocycles. The third-order valence-corrected chi connectivity index (χ3v) is 3.46. The third kappa shape index (κ3) is 2.25. The number of ether oxygens (including phenoxy) is 2. The molecule has 1 N–H and O–H groups in total. The Morgan fingerprint density at radius 3 is 2.48 bits per heavy atom. The predicted octanol–water partition coefficient (Wildman–Crippen LogP) is 3.63. The number of carbonyl (C=O) groups excluding carboxylic acids is 1. The zero-order valence-electron chi connectivity index (χ0n) is 11.8. The number of hydrogen-bond acceptors (Lipinski definition) is 3. The number of hydrogen-bond donors (Lipinski definition) is 1. The summed E-state index contributed by atoms with van der Waals surface area (Å²) in [6.45, 7) is 0. The van der Waals surface area contributed by atoms with Crippen molar-refractivity contribution in [2.24, 2.45) is 0 Å². The maximum absolute atomic E-state index is 12.2. The van der Waals surface area contributed by atoms with E-state index in [-0.39, 0.29) is 5.97 Å². The summed E-state index contributed by atoms with van der Waals surface area (Å²) in [4.78, 5) is 15.5. The molecular weight excluding hydrogens is 266 g/mol. The van der Waals surface area contributed by atoms with E-state index in [0.717, 1.165) is 27.9 Å². The molecule has 21 heavy (non-hydrogen) atoms. The fourth-order valence-electron chi connectivity index (χ4n) is 2.44. The van der Waals surface area contributed by atoms with Crippen LogP contribution in [0.4, 0.5) is 0 Å². The second-order valence-electron chi connectivity index (χ2n) is 4.64. The van der Waals surface area contributed by atoms with Crippen LogP contribution >= 0.6 is 0 Å². The Labute approximate surface area is 122 Å². The molecule has 0 bridgehead atoms. The van der Waals surface area contributed by atoms with Gasteiger partial charge in [-0.05, 0) is 17.7 Å². The summed E-state index contributed by atoms with van der Waals surface area (Å²) in [5.74, 6) is 0.380. The van der Waals surface area contributed by atoms with Crippen LogP contribution < -0.4 is 4.74 Å². The number of nitrogens with one attached hydrogen (secondary N) is 1. The van der Waals surface area contributed by atoms with E-state index in [4.69, 9.17) is 9.47 Å². The van der Waals surface area contributed by atoms with Gasteiger partial charge in [-0.1, -0.05) is 30.3 Å². The lowest BCUT2D eigenvalue weighted by molar-refractivity contribution is 0.0604. The van der Waals surface area contributed by atoms with E-state index >= 15 is 0 Å². The van der Waals surface area contributed by atoms with E-state index in [1.54, 1.807) is 7.11 Å². The molecule has 106 valence electrons. The van der Waals surface area contributed by atoms with E-state index in [2.05, 4.69) is 4.98 Å². The van der Waals surface area contributed by atoms with Crippen molar-refractivity contribution in [1.29, 1.82) is 0 Å². The number of aromatic amines is 1. The molecule has 0 spiro atoms. The first kappa shape index (κ1) is 13.2. The van der Waals surface area contributed by atoms with Gasteiger partial charge in [0.15, 0.2) is 0 Å². The number of methoxy groups -OCH3 is 2. The van der Waals surface area contributed by atoms with Crippen molar-refractivity contribution in [3.8, 4) is 17.0 Å². The standard InChI is InChI=1S/C17H15NO3/c1-20-12-8-9-13-14(10-12)18-16(15(13)17(19)21-2)11-6-4-3-5-7-11/h3-10,18H,1-2H3. The Balaban J connectivity index is 2.29. The number of carbonyl (C=O) groups is 1. The average Bonchev–Trinajstić information content (AvgIpc) is 2.93. The van der Waals surface area contributed by atoms with E-state index in [9.17, 15) is 4.79 Å². The Bertz CT molecular complexity index is 790. The van der Waals surface area contributed by atoms with E-state index in [1.807, 2.05) is 48.5 Å². The molecule has 4 heteroatoms. The molecular formula is C17H15NO3. The molecule has 0 saturated carbocycles. The highest BCUT2D eigenvalue weighted by Crippen LogP contribution is 2.32. The van der Waals surface area contributed by atoms with Crippen molar-refractivity contribution in [1.82, 2.24) is 4.98 Å². The van der Waals surface area contributed by atoms with Gasteiger partial charge in [-0.15, -0.1) is 0 Å². The van der Waals surface area contributed by atoms with Gasteiger partial charge in [-0.2, -0.15) is 0 Å². The maximum Gasteiger partial charge on any atom is 0.340 e. The molecule has 3 aromatic rings. The van der Waals surface area contributed by atoms with E-state index in [1.165, 1.54) is 7.11 Å². The number of benzene rings is 2. The number of rotatable bonds is 3. The van der Waals surface area contributed by atoms with Crippen LogP contribution in [0, 0.1) is 0 Å². The van der Waals surface area contributed by atoms with Gasteiger partial charge in [0.25, 0.3) is 0 Å². The topological polar surface area (TPSA) is 51.3 Å². The molecule has 0 aliphatic rings. The Morgan fingerprint density at radius 1 is 1.05 bits per heavy atom. The minimum atomic E-state index is -0.356. The van der Waals surface area contributed by atoms with Gasteiger partial charge in [0.1, 0.15) is 5.75 Å². The van der Waals surface area contributed by atoms with Crippen LogP contribution in [-0.2, 0) is 4.74 Å². The molecule has 4 nitrogen and oxygen atoms in total. The van der Waals surface area contributed by atoms with Gasteiger partial charge in [0.2, 0.25) is 0 Å². The van der Waals surface area contributed by atoms with Gasteiger partial charge >= 0.3 is 5.97 Å². The number of esters is 1. The predicted molar refractivity (Wildman–Crippen MR) is 81.6 cm³/mol. The molecule has 0 radical (unpaired) electrons. The molecule has 1 heterocycles. The van der Waals surface area contributed by atoms with E-state index in [0.29, 0.717) is 5.56 Å². The molecule has 2 aromatic carbocycles. The van der Waals surface area contributed by atoms with Crippen molar-refractivity contribution < 1.29 is 14.3 Å². The molecule has 0 amide bonds. The van der Waals surface area contributed by atoms with Crippen molar-refractivity contribution >= 4 is 16.9 Å². The number of fused-ring (bicyclic) bond motifs is 1. The highest BCUT2D eigenvalue weighted by Gasteiger charge is 2.20. The Hall–Kier alpha value is -2.75. The summed E-state index contributed by atoms with van der Waals surface area (Å²) in [5.41, 5.74) is 3.08. The maximum atomic E-state index is 12.2. The van der Waals surface area contributed by atoms with Crippen molar-refractivity contribution in [2.75, 3.05) is 14.2 Å². The monoisotopic (exact) mass is 281 g/mol. The molecule has 0 aliphatic carbocycles. The fraction of sp³-hybridized carbons (Fsp3) is 0.118. The lowest BCUT2D eigenvalue weighted by atomic mass is 10.1. The quantitative estimate of drug-likeness (QED) is 0.746. The van der Waals surface area contributed by atoms with Crippen LogP contribution in [0.25, 0.3) is 22.2 Å². The molecule has 0 fully saturated rings. The van der Waals surface area contributed by atoms with Crippen LogP contribution in [-0.4, -0.2) is 25.2 Å². The zero-order chi connectivity index (χ0) is 14.8. The third-order valence-electron chi connectivity index (χ3n) is 3.46. The van der Waals surface area contributed by atoms with Crippen LogP contribution in [0.2, 0.25) is 0 Å². The first-order valence-corrected chi connectivity index (χ1v) is 6.58. The van der Waals surface area contributed by atoms with Crippen molar-refractivity contribution in [3.63, 3.8) is 0 Å². The summed E-state index contributed by atoms with van der Waals surface area (Å²) >= 11 is 0. The largest absolute Gasteiger partial charge is 0.497 e. The van der Waals surface area contributed by atoms with Gasteiger partial charge < -0.3 is 14.5 Å². The summed E-state index contributed by atoms with van der Waals surface area (Å²) in [7, 11) is 3.00. The number of H-pyrrole nitrogens is 1. The smallest absolute Gasteiger partial charge is 0.340 e. The SMILES string of the molecule is COC(=O)c1c(-c2ccccc2)[nH]c2cc(OC)ccc12. The van der Waals surface area contributed by atoms with Gasteiger partial charge in [0.05, 0.1) is 31.0 Å². The number of aromatic nitrogens is 1. The molecule has 0 saturated heterocycles. The fourth-order valence-corrected chi connectivity index (χ4v) is 2.44. The van der Waals surface area contributed by atoms with E-state index < -0.39 is 0 Å². The van der Waals surface area contributed by atoms with Crippen LogP contribution in [0.1, 0.15) is 10.4 Å². The lowest BCUT2D eigenvalue weighted by Crippen LogP contribution is -2.02. The summed E-state index contributed by atoms with van der Waals surface area (Å²) in [6, 6.07) is 15.3. The summed E-state index contributed by atoms with van der Waals surface area (Å²) in [5, 5.41) is 0.821. The second-order valence-corrected chi connectivity index (χ2v) is 4.64. The zero-order valence-corrected chi connectivity index (χ0v) is 11.8. The molecule has 1 aromatic heterocycles. The Kier molecular flexibility index (Phi) is 3.36. The lowest BCUT2D eigenvalue weighted by Gasteiger charge is -2.03. The van der Waals surface area contributed by atoms with Crippen molar-refractivity contribution in [2.45, 2.75) is 0 Å². The molecule has 0 atom stereocenters. The normalized spacial score (nSPS) is 10.6. The summed E-state index contributed by atoms with van der Waals surface area (Å²) < 4.78 is 10.2. The minimum Gasteiger partial charge on any atom is -0.497 e. The second kappa shape index (κ2) is 5.32. The first-order valence-electron chi connectivity index (χ1n) is 6.58. The minimum absolute atomic E-state index is 0.356. The molecule has 3 rings (SSSR count). The highest BCUT2D eigenvalue weighted by molar-refractivity contribution is 6.10. The van der Waals surface area contributed by atoms with Crippen LogP contribution in [0.3, 0.4) is 0 Å². The first-order chi connectivity index (χ1) is 10.2. The highest BCUT2D eigenvalue weighted by atomic mass is 16.5. The van der Waals surface area contributed by atoms with Crippen molar-refractivity contribution in [3.05, 3.63) is 54.1 Å². The van der Waals surface area contributed by atoms with Gasteiger partial charge in [-0.25, -0.2) is 4.79 Å². The Morgan fingerprint density at radius 2 is 1.81 bits per heavy atom. The van der Waals surface area contributed by atoms with Gasteiger partial charge in [-0.3, -0.25) is 0 Å². The van der Waals surface area contributed by atoms with Crippen LogP contribution in [0.5, 0.6) is 5.75 Å². The molecule has 0 unspecified atom stereocenters. The van der Waals surface area contributed by atoms with Gasteiger partial charge in [0, 0.05) is 11.5 Å².